The lowest BCUT2D eigenvalue weighted by atomic mass is 9.95. The van der Waals surface area contributed by atoms with Gasteiger partial charge in [0.05, 0.1) is 12.3 Å². The zero-order chi connectivity index (χ0) is 16.7. The summed E-state index contributed by atoms with van der Waals surface area (Å²) in [5.74, 6) is 0. The van der Waals surface area contributed by atoms with Crippen LogP contribution in [0, 0.1) is 20.4 Å². The maximum absolute atomic E-state index is 7.09. The second-order valence-corrected chi connectivity index (χ2v) is 6.16. The fourth-order valence-corrected chi connectivity index (χ4v) is 3.39. The Labute approximate surface area is 141 Å². The third-order valence-electron chi connectivity index (χ3n) is 4.50. The van der Waals surface area contributed by atoms with Crippen LogP contribution < -0.4 is 0 Å². The van der Waals surface area contributed by atoms with Crippen molar-refractivity contribution >= 4 is 27.2 Å². The fraction of sp³-hybridized carbons (Fsp3) is 0.0909. The van der Waals surface area contributed by atoms with Crippen molar-refractivity contribution in [3.63, 3.8) is 0 Å². The number of rotatable bonds is 1. The maximum atomic E-state index is 7.09. The molecule has 0 aliphatic carbocycles. The number of hydrogen-bond donors (Lipinski definition) is 0. The summed E-state index contributed by atoms with van der Waals surface area (Å²) >= 11 is 0. The molecule has 1 heterocycles. The smallest absolute Gasteiger partial charge is 0.187 e. The third-order valence-corrected chi connectivity index (χ3v) is 4.50. The fourth-order valence-electron chi connectivity index (χ4n) is 3.39. The minimum atomic E-state index is 0.649. The molecule has 2 nitrogen and oxygen atoms in total. The van der Waals surface area contributed by atoms with Crippen molar-refractivity contribution in [2.45, 2.75) is 13.8 Å². The quantitative estimate of drug-likeness (QED) is 0.301. The van der Waals surface area contributed by atoms with Crippen molar-refractivity contribution in [2.75, 3.05) is 0 Å². The van der Waals surface area contributed by atoms with Crippen molar-refractivity contribution in [1.82, 2.24) is 4.98 Å². The number of benzene rings is 3. The Kier molecular flexibility index (Phi) is 3.29. The van der Waals surface area contributed by atoms with E-state index >= 15 is 0 Å². The van der Waals surface area contributed by atoms with Gasteiger partial charge in [-0.15, -0.1) is 0 Å². The van der Waals surface area contributed by atoms with Crippen molar-refractivity contribution in [3.05, 3.63) is 83.3 Å². The monoisotopic (exact) mass is 308 g/mol. The van der Waals surface area contributed by atoms with E-state index in [1.165, 1.54) is 27.3 Å². The van der Waals surface area contributed by atoms with Crippen LogP contribution in [0.1, 0.15) is 11.1 Å². The van der Waals surface area contributed by atoms with Gasteiger partial charge in [-0.3, -0.25) is 4.98 Å². The normalized spacial score (nSPS) is 10.9. The van der Waals surface area contributed by atoms with E-state index in [0.717, 1.165) is 16.6 Å². The van der Waals surface area contributed by atoms with E-state index in [1.807, 2.05) is 30.5 Å². The van der Waals surface area contributed by atoms with E-state index in [-0.39, 0.29) is 0 Å². The molecular formula is C22H16N2. The molecule has 0 bridgehead atoms. The summed E-state index contributed by atoms with van der Waals surface area (Å²) in [6, 6.07) is 18.5. The molecule has 0 spiro atoms. The van der Waals surface area contributed by atoms with Crippen LogP contribution in [0.15, 0.2) is 60.8 Å². The largest absolute Gasteiger partial charge is 0.256 e. The van der Waals surface area contributed by atoms with Gasteiger partial charge in [0.1, 0.15) is 0 Å². The molecule has 0 saturated heterocycles. The van der Waals surface area contributed by atoms with Gasteiger partial charge in [-0.1, -0.05) is 54.1 Å². The van der Waals surface area contributed by atoms with Crippen LogP contribution in [0.3, 0.4) is 0 Å². The highest BCUT2D eigenvalue weighted by atomic mass is 14.7. The van der Waals surface area contributed by atoms with Gasteiger partial charge in [0, 0.05) is 11.6 Å². The molecule has 0 aliphatic rings. The minimum absolute atomic E-state index is 0.649. The molecule has 0 amide bonds. The first kappa shape index (κ1) is 14.4. The molecule has 0 radical (unpaired) electrons. The molecular weight excluding hydrogens is 292 g/mol. The van der Waals surface area contributed by atoms with E-state index in [0.29, 0.717) is 5.69 Å². The second kappa shape index (κ2) is 5.47. The first-order valence-electron chi connectivity index (χ1n) is 7.94. The molecule has 24 heavy (non-hydrogen) atoms. The summed E-state index contributed by atoms with van der Waals surface area (Å²) < 4.78 is 0. The Morgan fingerprint density at radius 3 is 2.29 bits per heavy atom. The average Bonchev–Trinajstić information content (AvgIpc) is 2.61. The van der Waals surface area contributed by atoms with Crippen molar-refractivity contribution in [2.24, 2.45) is 0 Å². The molecule has 0 atom stereocenters. The van der Waals surface area contributed by atoms with Gasteiger partial charge in [-0.05, 0) is 47.2 Å². The van der Waals surface area contributed by atoms with E-state index < -0.39 is 0 Å². The molecule has 0 fully saturated rings. The standard InChI is InChI=1S/C22H16N2/c1-14-12-15(2)18-8-9-20-19(21(18)13-14)10-11-24-22(20)16-4-6-17(23-3)7-5-16/h4-13H,1-2H3. The molecule has 0 unspecified atom stereocenters. The lowest BCUT2D eigenvalue weighted by molar-refractivity contribution is 1.36. The first-order chi connectivity index (χ1) is 11.7. The SMILES string of the molecule is [C-]#[N+]c1ccc(-c2nccc3c2ccc2c(C)cc(C)cc23)cc1. The van der Waals surface area contributed by atoms with Crippen LogP contribution in [0.4, 0.5) is 5.69 Å². The summed E-state index contributed by atoms with van der Waals surface area (Å²) in [4.78, 5) is 8.06. The van der Waals surface area contributed by atoms with Gasteiger partial charge in [-0.25, -0.2) is 4.85 Å². The lowest BCUT2D eigenvalue weighted by Gasteiger charge is -2.11. The summed E-state index contributed by atoms with van der Waals surface area (Å²) in [7, 11) is 0. The van der Waals surface area contributed by atoms with Crippen molar-refractivity contribution < 1.29 is 0 Å². The summed E-state index contributed by atoms with van der Waals surface area (Å²) in [5, 5.41) is 4.92. The second-order valence-electron chi connectivity index (χ2n) is 6.16. The third kappa shape index (κ3) is 2.23. The molecule has 0 saturated carbocycles. The number of pyridine rings is 1. The van der Waals surface area contributed by atoms with Gasteiger partial charge in [0.15, 0.2) is 5.69 Å². The number of aromatic nitrogens is 1. The first-order valence-corrected chi connectivity index (χ1v) is 7.94. The Bertz CT molecular complexity index is 1120. The number of fused-ring (bicyclic) bond motifs is 3. The predicted octanol–water partition coefficient (Wildman–Crippen LogP) is 6.22. The van der Waals surface area contributed by atoms with Gasteiger partial charge in [0.25, 0.3) is 0 Å². The molecule has 4 aromatic rings. The van der Waals surface area contributed by atoms with E-state index in [2.05, 4.69) is 54.0 Å². The summed E-state index contributed by atoms with van der Waals surface area (Å²) in [6.07, 6.45) is 1.87. The van der Waals surface area contributed by atoms with E-state index in [4.69, 9.17) is 6.57 Å². The molecule has 0 N–H and O–H groups in total. The highest BCUT2D eigenvalue weighted by molar-refractivity contribution is 6.12. The average molecular weight is 308 g/mol. The molecule has 114 valence electrons. The van der Waals surface area contributed by atoms with Crippen LogP contribution in [-0.2, 0) is 0 Å². The topological polar surface area (TPSA) is 17.2 Å². The van der Waals surface area contributed by atoms with Crippen LogP contribution in [0.25, 0.3) is 37.6 Å². The van der Waals surface area contributed by atoms with E-state index in [9.17, 15) is 0 Å². The molecule has 3 aromatic carbocycles. The van der Waals surface area contributed by atoms with E-state index in [1.54, 1.807) is 0 Å². The number of hydrogen-bond acceptors (Lipinski definition) is 1. The van der Waals surface area contributed by atoms with Crippen LogP contribution in [-0.4, -0.2) is 4.98 Å². The van der Waals surface area contributed by atoms with Crippen LogP contribution >= 0.6 is 0 Å². The highest BCUT2D eigenvalue weighted by Gasteiger charge is 2.09. The lowest BCUT2D eigenvalue weighted by Crippen LogP contribution is -1.89. The highest BCUT2D eigenvalue weighted by Crippen LogP contribution is 2.33. The zero-order valence-corrected chi connectivity index (χ0v) is 13.7. The predicted molar refractivity (Wildman–Crippen MR) is 100 cm³/mol. The molecule has 0 aliphatic heterocycles. The molecule has 4 rings (SSSR count). The minimum Gasteiger partial charge on any atom is -0.256 e. The maximum Gasteiger partial charge on any atom is 0.187 e. The Balaban J connectivity index is 2.04. The van der Waals surface area contributed by atoms with Crippen LogP contribution in [0.5, 0.6) is 0 Å². The Morgan fingerprint density at radius 1 is 0.792 bits per heavy atom. The van der Waals surface area contributed by atoms with Gasteiger partial charge in [-0.2, -0.15) is 0 Å². The Hall–Kier alpha value is -3.18. The van der Waals surface area contributed by atoms with Gasteiger partial charge >= 0.3 is 0 Å². The summed E-state index contributed by atoms with van der Waals surface area (Å²) in [5.41, 5.74) is 5.22. The summed E-state index contributed by atoms with van der Waals surface area (Å²) in [6.45, 7) is 11.4. The zero-order valence-electron chi connectivity index (χ0n) is 13.7. The molecule has 1 aromatic heterocycles. The van der Waals surface area contributed by atoms with Gasteiger partial charge < -0.3 is 0 Å². The number of nitrogens with zero attached hydrogens (tertiary/aromatic N) is 2. The van der Waals surface area contributed by atoms with Crippen molar-refractivity contribution in [3.8, 4) is 11.3 Å². The Morgan fingerprint density at radius 2 is 1.54 bits per heavy atom. The molecule has 2 heteroatoms. The van der Waals surface area contributed by atoms with Crippen molar-refractivity contribution in [1.29, 1.82) is 0 Å². The van der Waals surface area contributed by atoms with Gasteiger partial charge in [0.2, 0.25) is 0 Å². The number of aryl methyl sites for hydroxylation is 2. The van der Waals surface area contributed by atoms with Crippen LogP contribution in [0.2, 0.25) is 0 Å².